The van der Waals surface area contributed by atoms with Crippen LogP contribution in [0.3, 0.4) is 0 Å². The van der Waals surface area contributed by atoms with Crippen molar-refractivity contribution in [3.8, 4) is 0 Å². The number of aromatic nitrogens is 2. The highest BCUT2D eigenvalue weighted by Gasteiger charge is 2.22. The summed E-state index contributed by atoms with van der Waals surface area (Å²) in [6.45, 7) is 4.40. The van der Waals surface area contributed by atoms with Gasteiger partial charge in [0.25, 0.3) is 0 Å². The molecule has 1 unspecified atom stereocenters. The zero-order chi connectivity index (χ0) is 13.7. The molecule has 0 N–H and O–H groups in total. The second-order valence-corrected chi connectivity index (χ2v) is 4.42. The first kappa shape index (κ1) is 13.7. The van der Waals surface area contributed by atoms with Gasteiger partial charge in [0.2, 0.25) is 0 Å². The molecule has 6 nitrogen and oxygen atoms in total. The number of nitrogens with zero attached hydrogens (tertiary/aromatic N) is 3. The lowest BCUT2D eigenvalue weighted by Gasteiger charge is -2.33. The molecule has 0 amide bonds. The molecule has 19 heavy (non-hydrogen) atoms. The Balaban J connectivity index is 2.10. The highest BCUT2D eigenvalue weighted by atomic mass is 16.5. The van der Waals surface area contributed by atoms with Crippen molar-refractivity contribution in [1.82, 2.24) is 9.97 Å². The molecule has 1 aliphatic rings. The topological polar surface area (TPSA) is 64.5 Å². The van der Waals surface area contributed by atoms with Crippen molar-refractivity contribution in [1.29, 1.82) is 0 Å². The zero-order valence-electron chi connectivity index (χ0n) is 11.3. The van der Waals surface area contributed by atoms with E-state index in [0.29, 0.717) is 12.4 Å². The maximum absolute atomic E-state index is 11.4. The highest BCUT2D eigenvalue weighted by Crippen LogP contribution is 2.19. The van der Waals surface area contributed by atoms with Gasteiger partial charge in [-0.15, -0.1) is 0 Å². The van der Waals surface area contributed by atoms with Crippen molar-refractivity contribution in [2.75, 3.05) is 31.7 Å². The molecule has 1 aromatic heterocycles. The second-order valence-electron chi connectivity index (χ2n) is 4.42. The summed E-state index contributed by atoms with van der Waals surface area (Å²) in [5.74, 6) is 0.236. The minimum atomic E-state index is -0.465. The van der Waals surface area contributed by atoms with Gasteiger partial charge in [0, 0.05) is 19.7 Å². The average molecular weight is 265 g/mol. The first-order valence-corrected chi connectivity index (χ1v) is 6.51. The number of ether oxygens (including phenoxy) is 2. The van der Waals surface area contributed by atoms with Crippen LogP contribution >= 0.6 is 0 Å². The Kier molecular flexibility index (Phi) is 4.68. The van der Waals surface area contributed by atoms with Gasteiger partial charge in [0.15, 0.2) is 5.69 Å². The van der Waals surface area contributed by atoms with E-state index in [1.165, 1.54) is 13.3 Å². The van der Waals surface area contributed by atoms with Crippen LogP contribution in [0.2, 0.25) is 0 Å². The third kappa shape index (κ3) is 3.41. The summed E-state index contributed by atoms with van der Waals surface area (Å²) < 4.78 is 10.3. The highest BCUT2D eigenvalue weighted by molar-refractivity contribution is 5.87. The van der Waals surface area contributed by atoms with Crippen LogP contribution in [0.1, 0.15) is 30.3 Å². The van der Waals surface area contributed by atoms with Crippen molar-refractivity contribution in [3.63, 3.8) is 0 Å². The number of hydrogen-bond acceptors (Lipinski definition) is 6. The van der Waals surface area contributed by atoms with E-state index in [0.717, 1.165) is 25.9 Å². The predicted molar refractivity (Wildman–Crippen MR) is 70.2 cm³/mol. The van der Waals surface area contributed by atoms with Crippen LogP contribution in [0, 0.1) is 0 Å². The Morgan fingerprint density at radius 3 is 3.11 bits per heavy atom. The summed E-state index contributed by atoms with van der Waals surface area (Å²) >= 11 is 0. The van der Waals surface area contributed by atoms with Gasteiger partial charge in [-0.2, -0.15) is 0 Å². The molecule has 1 fully saturated rings. The Morgan fingerprint density at radius 1 is 1.53 bits per heavy atom. The Labute approximate surface area is 112 Å². The standard InChI is InChI=1S/C13H19N3O3/c1-3-19-10-5-4-6-16(9-10)12-8-14-7-11(15-12)13(17)18-2/h7-8,10H,3-6,9H2,1-2H3. The van der Waals surface area contributed by atoms with Crippen LogP contribution in [0.15, 0.2) is 12.4 Å². The lowest BCUT2D eigenvalue weighted by molar-refractivity contribution is 0.0524. The molecular weight excluding hydrogens is 246 g/mol. The minimum Gasteiger partial charge on any atom is -0.464 e. The molecule has 1 saturated heterocycles. The van der Waals surface area contributed by atoms with Crippen LogP contribution < -0.4 is 4.90 Å². The summed E-state index contributed by atoms with van der Waals surface area (Å²) in [6.07, 6.45) is 5.42. The van der Waals surface area contributed by atoms with Crippen LogP contribution in [0.25, 0.3) is 0 Å². The molecule has 1 aliphatic heterocycles. The SMILES string of the molecule is CCOC1CCCN(c2cncc(C(=O)OC)n2)C1. The molecule has 0 saturated carbocycles. The average Bonchev–Trinajstić information content (AvgIpc) is 2.47. The van der Waals surface area contributed by atoms with Gasteiger partial charge in [-0.25, -0.2) is 9.78 Å². The fourth-order valence-corrected chi connectivity index (χ4v) is 2.23. The van der Waals surface area contributed by atoms with Gasteiger partial charge in [-0.1, -0.05) is 0 Å². The maximum atomic E-state index is 11.4. The Morgan fingerprint density at radius 2 is 2.37 bits per heavy atom. The summed E-state index contributed by atoms with van der Waals surface area (Å²) in [5, 5.41) is 0. The molecule has 6 heteroatoms. The summed E-state index contributed by atoms with van der Waals surface area (Å²) in [6, 6.07) is 0. The molecule has 0 bridgehead atoms. The van der Waals surface area contributed by atoms with E-state index in [9.17, 15) is 4.79 Å². The number of piperidine rings is 1. The van der Waals surface area contributed by atoms with E-state index in [1.54, 1.807) is 6.20 Å². The van der Waals surface area contributed by atoms with Crippen LogP contribution in [-0.4, -0.2) is 48.8 Å². The Bertz CT molecular complexity index is 437. The van der Waals surface area contributed by atoms with Crippen molar-refractivity contribution in [2.45, 2.75) is 25.9 Å². The third-order valence-corrected chi connectivity index (χ3v) is 3.12. The number of carbonyl (C=O) groups is 1. The van der Waals surface area contributed by atoms with Gasteiger partial charge in [-0.05, 0) is 19.8 Å². The number of rotatable bonds is 4. The number of esters is 1. The molecule has 0 aromatic carbocycles. The first-order chi connectivity index (χ1) is 9.24. The molecule has 2 rings (SSSR count). The molecule has 0 spiro atoms. The van der Waals surface area contributed by atoms with Gasteiger partial charge in [-0.3, -0.25) is 4.98 Å². The lowest BCUT2D eigenvalue weighted by Crippen LogP contribution is -2.40. The van der Waals surface area contributed by atoms with Crippen molar-refractivity contribution >= 4 is 11.8 Å². The van der Waals surface area contributed by atoms with Crippen molar-refractivity contribution in [3.05, 3.63) is 18.1 Å². The molecule has 2 heterocycles. The van der Waals surface area contributed by atoms with E-state index in [2.05, 4.69) is 19.6 Å². The minimum absolute atomic E-state index is 0.224. The smallest absolute Gasteiger partial charge is 0.358 e. The number of anilines is 1. The second kappa shape index (κ2) is 6.47. The monoisotopic (exact) mass is 265 g/mol. The van der Waals surface area contributed by atoms with Crippen molar-refractivity contribution < 1.29 is 14.3 Å². The largest absolute Gasteiger partial charge is 0.464 e. The maximum Gasteiger partial charge on any atom is 0.358 e. The number of hydrogen-bond donors (Lipinski definition) is 0. The van der Waals surface area contributed by atoms with Gasteiger partial charge in [0.05, 0.1) is 25.6 Å². The molecular formula is C13H19N3O3. The van der Waals surface area contributed by atoms with Gasteiger partial charge >= 0.3 is 5.97 Å². The molecule has 0 aliphatic carbocycles. The van der Waals surface area contributed by atoms with E-state index in [1.807, 2.05) is 6.92 Å². The number of carbonyl (C=O) groups excluding carboxylic acids is 1. The van der Waals surface area contributed by atoms with E-state index >= 15 is 0 Å². The molecule has 1 atom stereocenters. The lowest BCUT2D eigenvalue weighted by atomic mass is 10.1. The van der Waals surface area contributed by atoms with E-state index in [4.69, 9.17) is 4.74 Å². The molecule has 104 valence electrons. The van der Waals surface area contributed by atoms with E-state index < -0.39 is 5.97 Å². The fourth-order valence-electron chi connectivity index (χ4n) is 2.23. The molecule has 1 aromatic rings. The summed E-state index contributed by atoms with van der Waals surface area (Å²) in [7, 11) is 1.34. The summed E-state index contributed by atoms with van der Waals surface area (Å²) in [5.41, 5.74) is 0.235. The van der Waals surface area contributed by atoms with Crippen molar-refractivity contribution in [2.24, 2.45) is 0 Å². The normalized spacial score (nSPS) is 19.3. The van der Waals surface area contributed by atoms with E-state index in [-0.39, 0.29) is 11.8 Å². The van der Waals surface area contributed by atoms with Gasteiger partial charge < -0.3 is 14.4 Å². The predicted octanol–water partition coefficient (Wildman–Crippen LogP) is 1.27. The van der Waals surface area contributed by atoms with Crippen LogP contribution in [0.4, 0.5) is 5.82 Å². The zero-order valence-corrected chi connectivity index (χ0v) is 11.3. The third-order valence-electron chi connectivity index (χ3n) is 3.12. The van der Waals surface area contributed by atoms with Crippen LogP contribution in [-0.2, 0) is 9.47 Å². The number of methoxy groups -OCH3 is 1. The summed E-state index contributed by atoms with van der Waals surface area (Å²) in [4.78, 5) is 21.9. The van der Waals surface area contributed by atoms with Crippen LogP contribution in [0.5, 0.6) is 0 Å². The fraction of sp³-hybridized carbons (Fsp3) is 0.615. The first-order valence-electron chi connectivity index (χ1n) is 6.51. The quantitative estimate of drug-likeness (QED) is 0.764. The Hall–Kier alpha value is -1.69. The van der Waals surface area contributed by atoms with Gasteiger partial charge in [0.1, 0.15) is 5.82 Å². The molecule has 0 radical (unpaired) electrons.